The summed E-state index contributed by atoms with van der Waals surface area (Å²) in [5, 5.41) is 3.08. The Morgan fingerprint density at radius 1 is 1.35 bits per heavy atom. The molecule has 0 saturated carbocycles. The highest BCUT2D eigenvalue weighted by Gasteiger charge is 2.37. The summed E-state index contributed by atoms with van der Waals surface area (Å²) in [5.74, 6) is 0.305. The molecular formula is C12H14F3NO. The van der Waals surface area contributed by atoms with Gasteiger partial charge in [-0.15, -0.1) is 0 Å². The van der Waals surface area contributed by atoms with Gasteiger partial charge < -0.3 is 10.1 Å². The number of hydrogen-bond acceptors (Lipinski definition) is 2. The van der Waals surface area contributed by atoms with Gasteiger partial charge in [-0.05, 0) is 31.5 Å². The molecule has 0 amide bonds. The van der Waals surface area contributed by atoms with E-state index in [1.807, 2.05) is 0 Å². The first kappa shape index (κ1) is 12.2. The molecule has 1 aliphatic rings. The maximum atomic E-state index is 12.9. The fourth-order valence-corrected chi connectivity index (χ4v) is 2.26. The number of benzene rings is 1. The summed E-state index contributed by atoms with van der Waals surface area (Å²) in [5.41, 5.74) is -0.365. The SMILES string of the molecule is COc1cccc(C(F)(F)F)c1C1CCCN1. The quantitative estimate of drug-likeness (QED) is 0.864. The van der Waals surface area contributed by atoms with Crippen molar-refractivity contribution in [1.82, 2.24) is 5.32 Å². The van der Waals surface area contributed by atoms with E-state index >= 15 is 0 Å². The van der Waals surface area contributed by atoms with Crippen LogP contribution in [0.4, 0.5) is 13.2 Å². The molecule has 5 heteroatoms. The highest BCUT2D eigenvalue weighted by Crippen LogP contribution is 2.41. The molecule has 1 aromatic rings. The van der Waals surface area contributed by atoms with Crippen molar-refractivity contribution in [3.63, 3.8) is 0 Å². The Morgan fingerprint density at radius 3 is 2.65 bits per heavy atom. The third kappa shape index (κ3) is 2.39. The predicted molar refractivity (Wildman–Crippen MR) is 58.0 cm³/mol. The van der Waals surface area contributed by atoms with Gasteiger partial charge in [-0.25, -0.2) is 0 Å². The Balaban J connectivity index is 2.51. The van der Waals surface area contributed by atoms with E-state index in [1.165, 1.54) is 13.2 Å². The van der Waals surface area contributed by atoms with Crippen LogP contribution in [-0.2, 0) is 6.18 Å². The first-order valence-electron chi connectivity index (χ1n) is 5.51. The van der Waals surface area contributed by atoms with Gasteiger partial charge in [0.15, 0.2) is 0 Å². The second-order valence-electron chi connectivity index (χ2n) is 4.07. The molecule has 1 atom stereocenters. The number of halogens is 3. The van der Waals surface area contributed by atoms with E-state index in [9.17, 15) is 13.2 Å². The molecule has 1 unspecified atom stereocenters. The van der Waals surface area contributed by atoms with Crippen molar-refractivity contribution in [3.8, 4) is 5.75 Å². The Hall–Kier alpha value is -1.23. The standard InChI is InChI=1S/C12H14F3NO/c1-17-10-6-2-4-8(12(13,14)15)11(10)9-5-3-7-16-9/h2,4,6,9,16H,3,5,7H2,1H3. The second kappa shape index (κ2) is 4.56. The van der Waals surface area contributed by atoms with E-state index in [0.29, 0.717) is 12.2 Å². The van der Waals surface area contributed by atoms with Crippen LogP contribution < -0.4 is 10.1 Å². The van der Waals surface area contributed by atoms with Gasteiger partial charge in [-0.2, -0.15) is 13.2 Å². The van der Waals surface area contributed by atoms with Crippen LogP contribution in [-0.4, -0.2) is 13.7 Å². The summed E-state index contributed by atoms with van der Waals surface area (Å²) in [6, 6.07) is 3.80. The summed E-state index contributed by atoms with van der Waals surface area (Å²) in [6.07, 6.45) is -2.74. The summed E-state index contributed by atoms with van der Waals surface area (Å²) in [6.45, 7) is 0.750. The first-order valence-corrected chi connectivity index (χ1v) is 5.51. The highest BCUT2D eigenvalue weighted by molar-refractivity contribution is 5.44. The van der Waals surface area contributed by atoms with Crippen LogP contribution in [0, 0.1) is 0 Å². The first-order chi connectivity index (χ1) is 8.04. The highest BCUT2D eigenvalue weighted by atomic mass is 19.4. The normalized spacial score (nSPS) is 20.6. The summed E-state index contributed by atoms with van der Waals surface area (Å²) in [4.78, 5) is 0. The minimum Gasteiger partial charge on any atom is -0.496 e. The van der Waals surface area contributed by atoms with Crippen LogP contribution in [0.5, 0.6) is 5.75 Å². The van der Waals surface area contributed by atoms with E-state index in [4.69, 9.17) is 4.74 Å². The lowest BCUT2D eigenvalue weighted by Crippen LogP contribution is -2.19. The minimum atomic E-state index is -4.34. The smallest absolute Gasteiger partial charge is 0.416 e. The molecule has 2 nitrogen and oxygen atoms in total. The van der Waals surface area contributed by atoms with Gasteiger partial charge in [0.25, 0.3) is 0 Å². The van der Waals surface area contributed by atoms with Crippen LogP contribution in [0.1, 0.15) is 30.0 Å². The van der Waals surface area contributed by atoms with E-state index in [0.717, 1.165) is 19.0 Å². The van der Waals surface area contributed by atoms with Crippen molar-refractivity contribution in [2.45, 2.75) is 25.1 Å². The second-order valence-corrected chi connectivity index (χ2v) is 4.07. The third-order valence-corrected chi connectivity index (χ3v) is 3.00. The number of ether oxygens (including phenoxy) is 1. The van der Waals surface area contributed by atoms with Crippen LogP contribution in [0.2, 0.25) is 0 Å². The van der Waals surface area contributed by atoms with Crippen molar-refractivity contribution in [2.75, 3.05) is 13.7 Å². The Bertz CT molecular complexity index is 397. The van der Waals surface area contributed by atoms with Crippen molar-refractivity contribution in [1.29, 1.82) is 0 Å². The van der Waals surface area contributed by atoms with Crippen LogP contribution in [0.15, 0.2) is 18.2 Å². The summed E-state index contributed by atoms with van der Waals surface area (Å²) < 4.78 is 43.9. The maximum absolute atomic E-state index is 12.9. The Morgan fingerprint density at radius 2 is 2.12 bits per heavy atom. The number of nitrogens with one attached hydrogen (secondary N) is 1. The average molecular weight is 245 g/mol. The van der Waals surface area contributed by atoms with Crippen LogP contribution in [0.3, 0.4) is 0 Å². The van der Waals surface area contributed by atoms with Gasteiger partial charge in [0.1, 0.15) is 5.75 Å². The molecule has 1 fully saturated rings. The molecule has 1 aromatic carbocycles. The van der Waals surface area contributed by atoms with Gasteiger partial charge >= 0.3 is 6.18 Å². The fraction of sp³-hybridized carbons (Fsp3) is 0.500. The molecule has 1 heterocycles. The Labute approximate surface area is 97.8 Å². The molecule has 2 rings (SSSR count). The lowest BCUT2D eigenvalue weighted by molar-refractivity contribution is -0.138. The van der Waals surface area contributed by atoms with Crippen molar-refractivity contribution >= 4 is 0 Å². The molecule has 0 spiro atoms. The fourth-order valence-electron chi connectivity index (χ4n) is 2.26. The van der Waals surface area contributed by atoms with Crippen LogP contribution >= 0.6 is 0 Å². The Kier molecular flexibility index (Phi) is 3.28. The lowest BCUT2D eigenvalue weighted by atomic mass is 9.97. The lowest BCUT2D eigenvalue weighted by Gasteiger charge is -2.20. The molecule has 0 aromatic heterocycles. The molecule has 1 aliphatic heterocycles. The summed E-state index contributed by atoms with van der Waals surface area (Å²) in [7, 11) is 1.40. The van der Waals surface area contributed by atoms with E-state index in [2.05, 4.69) is 5.32 Å². The van der Waals surface area contributed by atoms with Gasteiger partial charge in [-0.3, -0.25) is 0 Å². The number of rotatable bonds is 2. The number of hydrogen-bond donors (Lipinski definition) is 1. The van der Waals surface area contributed by atoms with Gasteiger partial charge in [0.05, 0.1) is 12.7 Å². The topological polar surface area (TPSA) is 21.3 Å². The molecule has 17 heavy (non-hydrogen) atoms. The third-order valence-electron chi connectivity index (χ3n) is 3.00. The number of alkyl halides is 3. The minimum absolute atomic E-state index is 0.236. The molecule has 0 bridgehead atoms. The van der Waals surface area contributed by atoms with E-state index < -0.39 is 11.7 Å². The molecule has 1 saturated heterocycles. The molecule has 94 valence electrons. The predicted octanol–water partition coefficient (Wildman–Crippen LogP) is 3.14. The molecular weight excluding hydrogens is 231 g/mol. The molecule has 1 N–H and O–H groups in total. The van der Waals surface area contributed by atoms with E-state index in [1.54, 1.807) is 6.07 Å². The van der Waals surface area contributed by atoms with Gasteiger partial charge in [0, 0.05) is 11.6 Å². The van der Waals surface area contributed by atoms with Crippen molar-refractivity contribution < 1.29 is 17.9 Å². The van der Waals surface area contributed by atoms with Gasteiger partial charge in [-0.1, -0.05) is 6.07 Å². The monoisotopic (exact) mass is 245 g/mol. The number of methoxy groups -OCH3 is 1. The maximum Gasteiger partial charge on any atom is 0.416 e. The molecule has 0 radical (unpaired) electrons. The van der Waals surface area contributed by atoms with Crippen LogP contribution in [0.25, 0.3) is 0 Å². The zero-order valence-corrected chi connectivity index (χ0v) is 9.47. The van der Waals surface area contributed by atoms with E-state index in [-0.39, 0.29) is 11.6 Å². The van der Waals surface area contributed by atoms with Crippen molar-refractivity contribution in [3.05, 3.63) is 29.3 Å². The zero-order valence-electron chi connectivity index (χ0n) is 9.47. The van der Waals surface area contributed by atoms with Crippen molar-refractivity contribution in [2.24, 2.45) is 0 Å². The van der Waals surface area contributed by atoms with Gasteiger partial charge in [0.2, 0.25) is 0 Å². The largest absolute Gasteiger partial charge is 0.496 e. The average Bonchev–Trinajstić information content (AvgIpc) is 2.80. The summed E-state index contributed by atoms with van der Waals surface area (Å²) >= 11 is 0. The molecule has 0 aliphatic carbocycles. The zero-order chi connectivity index (χ0) is 12.5.